The molecule has 0 unspecified atom stereocenters. The van der Waals surface area contributed by atoms with E-state index >= 15 is 0 Å². The van der Waals surface area contributed by atoms with Crippen LogP contribution in [0, 0.1) is 0 Å². The van der Waals surface area contributed by atoms with Crippen LogP contribution in [0.15, 0.2) is 35.3 Å². The minimum atomic E-state index is -1.02. The SMILES string of the molecule is C=CCOc1cccc(Br)c1C(=O)O. The summed E-state index contributed by atoms with van der Waals surface area (Å²) in [6.07, 6.45) is 1.56. The van der Waals surface area contributed by atoms with Crippen LogP contribution < -0.4 is 4.74 Å². The summed E-state index contributed by atoms with van der Waals surface area (Å²) in [4.78, 5) is 10.9. The molecule has 4 heteroatoms. The number of hydrogen-bond acceptors (Lipinski definition) is 2. The fourth-order valence-electron chi connectivity index (χ4n) is 0.981. The summed E-state index contributed by atoms with van der Waals surface area (Å²) < 4.78 is 5.71. The number of carboxylic acid groups (broad SMARTS) is 1. The Morgan fingerprint density at radius 2 is 2.36 bits per heavy atom. The maximum Gasteiger partial charge on any atom is 0.340 e. The minimum Gasteiger partial charge on any atom is -0.489 e. The van der Waals surface area contributed by atoms with Gasteiger partial charge in [0.1, 0.15) is 17.9 Å². The Morgan fingerprint density at radius 1 is 1.64 bits per heavy atom. The lowest BCUT2D eigenvalue weighted by atomic mass is 10.2. The van der Waals surface area contributed by atoms with E-state index in [9.17, 15) is 4.79 Å². The number of ether oxygens (including phenoxy) is 1. The van der Waals surface area contributed by atoms with Gasteiger partial charge in [0.05, 0.1) is 0 Å². The molecule has 0 aliphatic carbocycles. The number of carbonyl (C=O) groups is 1. The number of benzene rings is 1. The normalized spacial score (nSPS) is 9.50. The lowest BCUT2D eigenvalue weighted by Gasteiger charge is -2.07. The third-order valence-electron chi connectivity index (χ3n) is 1.55. The molecule has 74 valence electrons. The first-order chi connectivity index (χ1) is 6.66. The van der Waals surface area contributed by atoms with Crippen molar-refractivity contribution >= 4 is 21.9 Å². The first-order valence-corrected chi connectivity index (χ1v) is 4.71. The maximum atomic E-state index is 10.9. The molecular formula is C10H9BrO3. The van der Waals surface area contributed by atoms with Gasteiger partial charge in [0.25, 0.3) is 0 Å². The van der Waals surface area contributed by atoms with E-state index in [0.29, 0.717) is 10.2 Å². The Bertz CT molecular complexity index is 360. The zero-order valence-corrected chi connectivity index (χ0v) is 8.95. The average Bonchev–Trinajstić information content (AvgIpc) is 2.14. The molecule has 1 aromatic carbocycles. The van der Waals surface area contributed by atoms with Gasteiger partial charge in [-0.25, -0.2) is 4.79 Å². The van der Waals surface area contributed by atoms with Crippen molar-refractivity contribution in [3.05, 3.63) is 40.9 Å². The first kappa shape index (κ1) is 10.8. The van der Waals surface area contributed by atoms with Gasteiger partial charge in [-0.3, -0.25) is 0 Å². The van der Waals surface area contributed by atoms with Crippen molar-refractivity contribution in [1.29, 1.82) is 0 Å². The number of halogens is 1. The van der Waals surface area contributed by atoms with E-state index < -0.39 is 5.97 Å². The molecule has 1 N–H and O–H groups in total. The molecule has 14 heavy (non-hydrogen) atoms. The lowest BCUT2D eigenvalue weighted by Crippen LogP contribution is -2.03. The van der Waals surface area contributed by atoms with Gasteiger partial charge in [0.15, 0.2) is 0 Å². The van der Waals surface area contributed by atoms with Crippen molar-refractivity contribution in [3.63, 3.8) is 0 Å². The predicted molar refractivity (Wildman–Crippen MR) is 56.8 cm³/mol. The molecule has 0 saturated heterocycles. The molecule has 0 fully saturated rings. The molecular weight excluding hydrogens is 248 g/mol. The van der Waals surface area contributed by atoms with Gasteiger partial charge >= 0.3 is 5.97 Å². The van der Waals surface area contributed by atoms with E-state index in [1.54, 1.807) is 24.3 Å². The van der Waals surface area contributed by atoms with Crippen LogP contribution in [0.3, 0.4) is 0 Å². The Kier molecular flexibility index (Phi) is 3.71. The zero-order chi connectivity index (χ0) is 10.6. The monoisotopic (exact) mass is 256 g/mol. The van der Waals surface area contributed by atoms with Gasteiger partial charge in [0.2, 0.25) is 0 Å². The molecule has 0 bridgehead atoms. The van der Waals surface area contributed by atoms with Crippen LogP contribution in [0.4, 0.5) is 0 Å². The van der Waals surface area contributed by atoms with E-state index in [2.05, 4.69) is 22.5 Å². The molecule has 3 nitrogen and oxygen atoms in total. The molecule has 0 saturated carbocycles. The lowest BCUT2D eigenvalue weighted by molar-refractivity contribution is 0.0691. The Labute approximate surface area is 90.1 Å². The summed E-state index contributed by atoms with van der Waals surface area (Å²) in [5.74, 6) is -0.677. The summed E-state index contributed by atoms with van der Waals surface area (Å²) in [5, 5.41) is 8.91. The second-order valence-electron chi connectivity index (χ2n) is 2.52. The number of rotatable bonds is 4. The quantitative estimate of drug-likeness (QED) is 0.843. The van der Waals surface area contributed by atoms with Crippen LogP contribution in [0.25, 0.3) is 0 Å². The highest BCUT2D eigenvalue weighted by Crippen LogP contribution is 2.26. The third-order valence-corrected chi connectivity index (χ3v) is 2.21. The summed E-state index contributed by atoms with van der Waals surface area (Å²) in [5.41, 5.74) is 0.134. The molecule has 0 amide bonds. The van der Waals surface area contributed by atoms with Crippen molar-refractivity contribution < 1.29 is 14.6 Å². The molecule has 0 spiro atoms. The van der Waals surface area contributed by atoms with Crippen molar-refractivity contribution in [2.45, 2.75) is 0 Å². The largest absolute Gasteiger partial charge is 0.489 e. The average molecular weight is 257 g/mol. The standard InChI is InChI=1S/C10H9BrO3/c1-2-6-14-8-5-3-4-7(11)9(8)10(12)13/h2-5H,1,6H2,(H,12,13). The highest BCUT2D eigenvalue weighted by molar-refractivity contribution is 9.10. The second kappa shape index (κ2) is 4.81. The maximum absolute atomic E-state index is 10.9. The van der Waals surface area contributed by atoms with E-state index in [1.165, 1.54) is 0 Å². The second-order valence-corrected chi connectivity index (χ2v) is 3.37. The van der Waals surface area contributed by atoms with Crippen molar-refractivity contribution in [2.24, 2.45) is 0 Å². The fourth-order valence-corrected chi connectivity index (χ4v) is 1.50. The van der Waals surface area contributed by atoms with Crippen LogP contribution in [-0.2, 0) is 0 Å². The minimum absolute atomic E-state index is 0.134. The van der Waals surface area contributed by atoms with E-state index in [1.807, 2.05) is 0 Å². The topological polar surface area (TPSA) is 46.5 Å². The summed E-state index contributed by atoms with van der Waals surface area (Å²) in [7, 11) is 0. The van der Waals surface area contributed by atoms with Gasteiger partial charge in [-0.2, -0.15) is 0 Å². The highest BCUT2D eigenvalue weighted by Gasteiger charge is 2.14. The van der Waals surface area contributed by atoms with Crippen molar-refractivity contribution in [1.82, 2.24) is 0 Å². The van der Waals surface area contributed by atoms with Crippen LogP contribution in [0.5, 0.6) is 5.75 Å². The molecule has 1 aromatic rings. The molecule has 0 aromatic heterocycles. The Balaban J connectivity index is 3.07. The molecule has 0 aliphatic heterocycles. The van der Waals surface area contributed by atoms with E-state index in [4.69, 9.17) is 9.84 Å². The van der Waals surface area contributed by atoms with Crippen LogP contribution in [-0.4, -0.2) is 17.7 Å². The molecule has 0 radical (unpaired) electrons. The van der Waals surface area contributed by atoms with Gasteiger partial charge in [-0.15, -0.1) is 0 Å². The highest BCUT2D eigenvalue weighted by atomic mass is 79.9. The molecule has 0 aliphatic rings. The number of hydrogen-bond donors (Lipinski definition) is 1. The van der Waals surface area contributed by atoms with Gasteiger partial charge < -0.3 is 9.84 Å². The summed E-state index contributed by atoms with van der Waals surface area (Å²) in [6, 6.07) is 4.98. The van der Waals surface area contributed by atoms with Gasteiger partial charge in [-0.1, -0.05) is 18.7 Å². The van der Waals surface area contributed by atoms with E-state index in [0.717, 1.165) is 0 Å². The number of carboxylic acids is 1. The molecule has 0 atom stereocenters. The first-order valence-electron chi connectivity index (χ1n) is 3.92. The third kappa shape index (κ3) is 2.35. The van der Waals surface area contributed by atoms with Gasteiger partial charge in [0, 0.05) is 4.47 Å². The van der Waals surface area contributed by atoms with Gasteiger partial charge in [-0.05, 0) is 28.1 Å². The summed E-state index contributed by atoms with van der Waals surface area (Å²) in [6.45, 7) is 3.78. The van der Waals surface area contributed by atoms with Crippen LogP contribution in [0.1, 0.15) is 10.4 Å². The Morgan fingerprint density at radius 3 is 2.93 bits per heavy atom. The smallest absolute Gasteiger partial charge is 0.340 e. The van der Waals surface area contributed by atoms with Crippen LogP contribution in [0.2, 0.25) is 0 Å². The Hall–Kier alpha value is -1.29. The molecule has 0 heterocycles. The summed E-state index contributed by atoms with van der Waals surface area (Å²) >= 11 is 3.15. The zero-order valence-electron chi connectivity index (χ0n) is 7.37. The molecule has 1 rings (SSSR count). The van der Waals surface area contributed by atoms with Crippen molar-refractivity contribution in [2.75, 3.05) is 6.61 Å². The van der Waals surface area contributed by atoms with Crippen molar-refractivity contribution in [3.8, 4) is 5.75 Å². The fraction of sp³-hybridized carbons (Fsp3) is 0.100. The number of aromatic carboxylic acids is 1. The van der Waals surface area contributed by atoms with E-state index in [-0.39, 0.29) is 12.2 Å². The predicted octanol–water partition coefficient (Wildman–Crippen LogP) is 2.71. The van der Waals surface area contributed by atoms with Crippen LogP contribution >= 0.6 is 15.9 Å².